The van der Waals surface area contributed by atoms with Gasteiger partial charge in [-0.1, -0.05) is 17.7 Å². The topological polar surface area (TPSA) is 55.0 Å². The Morgan fingerprint density at radius 1 is 1.30 bits per heavy atom. The van der Waals surface area contributed by atoms with Gasteiger partial charge in [0.15, 0.2) is 0 Å². The van der Waals surface area contributed by atoms with Gasteiger partial charge >= 0.3 is 5.97 Å². The van der Waals surface area contributed by atoms with Crippen molar-refractivity contribution in [2.75, 3.05) is 0 Å². The molecular formula is C18H15ClN2O2. The van der Waals surface area contributed by atoms with Crippen molar-refractivity contribution >= 4 is 28.6 Å². The van der Waals surface area contributed by atoms with Crippen molar-refractivity contribution in [2.24, 2.45) is 0 Å². The van der Waals surface area contributed by atoms with E-state index in [1.165, 1.54) is 5.56 Å². The fourth-order valence-corrected chi connectivity index (χ4v) is 3.36. The zero-order valence-corrected chi connectivity index (χ0v) is 13.1. The summed E-state index contributed by atoms with van der Waals surface area (Å²) in [6, 6.07) is 9.35. The first-order valence-electron chi connectivity index (χ1n) is 7.64. The molecule has 1 aliphatic rings. The molecule has 116 valence electrons. The lowest BCUT2D eigenvalue weighted by Gasteiger charge is -2.25. The molecule has 3 aromatic rings. The molecule has 1 N–H and O–H groups in total. The minimum Gasteiger partial charge on any atom is -0.454 e. The van der Waals surface area contributed by atoms with E-state index >= 15 is 0 Å². The molecular weight excluding hydrogens is 312 g/mol. The fourth-order valence-electron chi connectivity index (χ4n) is 3.18. The van der Waals surface area contributed by atoms with E-state index in [-0.39, 0.29) is 12.1 Å². The van der Waals surface area contributed by atoms with Gasteiger partial charge in [-0.05, 0) is 54.7 Å². The highest BCUT2D eigenvalue weighted by Crippen LogP contribution is 2.35. The summed E-state index contributed by atoms with van der Waals surface area (Å²) in [4.78, 5) is 19.8. The van der Waals surface area contributed by atoms with Crippen LogP contribution in [0.5, 0.6) is 0 Å². The molecule has 0 spiro atoms. The smallest absolute Gasteiger partial charge is 0.339 e. The number of rotatable bonds is 2. The third-order valence-electron chi connectivity index (χ3n) is 4.30. The van der Waals surface area contributed by atoms with Gasteiger partial charge in [-0.15, -0.1) is 0 Å². The Morgan fingerprint density at radius 2 is 2.22 bits per heavy atom. The van der Waals surface area contributed by atoms with Crippen molar-refractivity contribution < 1.29 is 9.53 Å². The molecule has 0 amide bonds. The number of H-pyrrole nitrogens is 1. The first-order chi connectivity index (χ1) is 11.2. The lowest BCUT2D eigenvalue weighted by Crippen LogP contribution is -2.17. The van der Waals surface area contributed by atoms with Gasteiger partial charge in [0, 0.05) is 22.8 Å². The zero-order valence-electron chi connectivity index (χ0n) is 12.4. The van der Waals surface area contributed by atoms with E-state index in [9.17, 15) is 4.79 Å². The zero-order chi connectivity index (χ0) is 15.8. The second kappa shape index (κ2) is 5.70. The molecule has 2 heterocycles. The van der Waals surface area contributed by atoms with Crippen LogP contribution in [0.2, 0.25) is 5.02 Å². The van der Waals surface area contributed by atoms with Gasteiger partial charge in [0.1, 0.15) is 11.8 Å². The fraction of sp³-hybridized carbons (Fsp3) is 0.222. The quantitative estimate of drug-likeness (QED) is 0.708. The van der Waals surface area contributed by atoms with Gasteiger partial charge < -0.3 is 9.72 Å². The number of aromatic amines is 1. The molecule has 0 saturated heterocycles. The molecule has 1 atom stereocenters. The number of carbonyl (C=O) groups excluding carboxylic acids is 1. The third-order valence-corrected chi connectivity index (χ3v) is 4.53. The van der Waals surface area contributed by atoms with Crippen LogP contribution in [0.3, 0.4) is 0 Å². The van der Waals surface area contributed by atoms with Crippen LogP contribution in [0.4, 0.5) is 0 Å². The molecule has 0 radical (unpaired) electrons. The number of fused-ring (bicyclic) bond motifs is 2. The number of aromatic nitrogens is 2. The number of aryl methyl sites for hydroxylation is 1. The van der Waals surface area contributed by atoms with Crippen LogP contribution >= 0.6 is 11.6 Å². The Labute approximate surface area is 138 Å². The van der Waals surface area contributed by atoms with Crippen LogP contribution < -0.4 is 0 Å². The Balaban J connectivity index is 1.65. The first kappa shape index (κ1) is 14.3. The number of ether oxygens (including phenoxy) is 1. The highest BCUT2D eigenvalue weighted by atomic mass is 35.5. The SMILES string of the molecule is O=C(O[C@H]1CCCc2ccc(Cl)cc21)c1ccnc2[nH]ccc12. The molecule has 0 saturated carbocycles. The Bertz CT molecular complexity index is 888. The van der Waals surface area contributed by atoms with Crippen molar-refractivity contribution in [2.45, 2.75) is 25.4 Å². The number of esters is 1. The molecule has 2 aromatic heterocycles. The number of nitrogens with zero attached hydrogens (tertiary/aromatic N) is 1. The summed E-state index contributed by atoms with van der Waals surface area (Å²) >= 11 is 6.11. The summed E-state index contributed by atoms with van der Waals surface area (Å²) in [5.74, 6) is -0.324. The van der Waals surface area contributed by atoms with Crippen LogP contribution in [-0.4, -0.2) is 15.9 Å². The maximum Gasteiger partial charge on any atom is 0.339 e. The van der Waals surface area contributed by atoms with Crippen molar-refractivity contribution in [3.05, 3.63) is 64.4 Å². The summed E-state index contributed by atoms with van der Waals surface area (Å²) in [7, 11) is 0. The summed E-state index contributed by atoms with van der Waals surface area (Å²) in [5, 5.41) is 1.45. The molecule has 0 unspecified atom stereocenters. The molecule has 0 bridgehead atoms. The van der Waals surface area contributed by atoms with Gasteiger partial charge in [-0.3, -0.25) is 0 Å². The number of hydrogen-bond donors (Lipinski definition) is 1. The molecule has 0 fully saturated rings. The second-order valence-electron chi connectivity index (χ2n) is 5.73. The van der Waals surface area contributed by atoms with E-state index in [4.69, 9.17) is 16.3 Å². The number of hydrogen-bond acceptors (Lipinski definition) is 3. The Hall–Kier alpha value is -2.33. The van der Waals surface area contributed by atoms with Gasteiger partial charge in [0.2, 0.25) is 0 Å². The summed E-state index contributed by atoms with van der Waals surface area (Å²) < 4.78 is 5.80. The molecule has 5 heteroatoms. The number of halogens is 1. The second-order valence-corrected chi connectivity index (χ2v) is 6.16. The highest BCUT2D eigenvalue weighted by Gasteiger charge is 2.25. The van der Waals surface area contributed by atoms with E-state index in [0.717, 1.165) is 30.2 Å². The number of benzene rings is 1. The summed E-state index contributed by atoms with van der Waals surface area (Å²) in [6.45, 7) is 0. The average Bonchev–Trinajstić information content (AvgIpc) is 3.04. The van der Waals surface area contributed by atoms with Crippen LogP contribution in [0.25, 0.3) is 11.0 Å². The summed E-state index contributed by atoms with van der Waals surface area (Å²) in [6.07, 6.45) is 5.96. The number of pyridine rings is 1. The van der Waals surface area contributed by atoms with Crippen LogP contribution in [-0.2, 0) is 11.2 Å². The Morgan fingerprint density at radius 3 is 3.13 bits per heavy atom. The van der Waals surface area contributed by atoms with Gasteiger partial charge in [-0.25, -0.2) is 9.78 Å². The van der Waals surface area contributed by atoms with Crippen molar-refractivity contribution in [3.63, 3.8) is 0 Å². The lowest BCUT2D eigenvalue weighted by molar-refractivity contribution is 0.0259. The van der Waals surface area contributed by atoms with Crippen molar-refractivity contribution in [3.8, 4) is 0 Å². The van der Waals surface area contributed by atoms with E-state index in [0.29, 0.717) is 16.2 Å². The van der Waals surface area contributed by atoms with Gasteiger partial charge in [0.25, 0.3) is 0 Å². The van der Waals surface area contributed by atoms with Crippen molar-refractivity contribution in [1.29, 1.82) is 0 Å². The molecule has 0 aliphatic heterocycles. The molecule has 1 aliphatic carbocycles. The number of carbonyl (C=O) groups is 1. The van der Waals surface area contributed by atoms with Crippen LogP contribution in [0, 0.1) is 0 Å². The normalized spacial score (nSPS) is 17.0. The van der Waals surface area contributed by atoms with E-state index in [1.54, 1.807) is 18.5 Å². The number of nitrogens with one attached hydrogen (secondary N) is 1. The lowest BCUT2D eigenvalue weighted by atomic mass is 9.89. The molecule has 1 aromatic carbocycles. The molecule has 4 nitrogen and oxygen atoms in total. The van der Waals surface area contributed by atoms with Crippen LogP contribution in [0.15, 0.2) is 42.7 Å². The third kappa shape index (κ3) is 2.59. The first-order valence-corrected chi connectivity index (χ1v) is 8.01. The Kier molecular flexibility index (Phi) is 3.54. The maximum atomic E-state index is 12.6. The minimum atomic E-state index is -0.324. The predicted octanol–water partition coefficient (Wildman–Crippen LogP) is 4.45. The largest absolute Gasteiger partial charge is 0.454 e. The van der Waals surface area contributed by atoms with Crippen LogP contribution in [0.1, 0.15) is 40.4 Å². The maximum absolute atomic E-state index is 12.6. The minimum absolute atomic E-state index is 0.243. The van der Waals surface area contributed by atoms with Gasteiger partial charge in [0.05, 0.1) is 5.56 Å². The highest BCUT2D eigenvalue weighted by molar-refractivity contribution is 6.30. The van der Waals surface area contributed by atoms with E-state index < -0.39 is 0 Å². The molecule has 4 rings (SSSR count). The average molecular weight is 327 g/mol. The monoisotopic (exact) mass is 326 g/mol. The predicted molar refractivity (Wildman–Crippen MR) is 88.6 cm³/mol. The van der Waals surface area contributed by atoms with Gasteiger partial charge in [-0.2, -0.15) is 0 Å². The van der Waals surface area contributed by atoms with E-state index in [2.05, 4.69) is 9.97 Å². The summed E-state index contributed by atoms with van der Waals surface area (Å²) in [5.41, 5.74) is 3.45. The molecule has 23 heavy (non-hydrogen) atoms. The van der Waals surface area contributed by atoms with E-state index in [1.807, 2.05) is 24.3 Å². The standard InChI is InChI=1S/C18H15ClN2O2/c19-12-5-4-11-2-1-3-16(15(11)10-12)23-18(22)14-7-9-21-17-13(14)6-8-20-17/h4-10,16H,1-3H2,(H,20,21)/t16-/m0/s1. The van der Waals surface area contributed by atoms with Crippen molar-refractivity contribution in [1.82, 2.24) is 9.97 Å².